The van der Waals surface area contributed by atoms with Gasteiger partial charge < -0.3 is 9.55 Å². The highest BCUT2D eigenvalue weighted by atomic mass is 35.5. The molecule has 100 valence electrons. The van der Waals surface area contributed by atoms with E-state index in [2.05, 4.69) is 19.5 Å². The summed E-state index contributed by atoms with van der Waals surface area (Å²) in [5, 5.41) is 1.15. The average molecular weight is 297 g/mol. The molecule has 1 aliphatic carbocycles. The monoisotopic (exact) mass is 296 g/mol. The number of H-pyrrole nitrogens is 1. The van der Waals surface area contributed by atoms with Crippen LogP contribution in [0.15, 0.2) is 22.3 Å². The Labute approximate surface area is 119 Å². The number of imidazole rings is 1. The Hall–Kier alpha value is -1.27. The van der Waals surface area contributed by atoms with Crippen LogP contribution in [0.2, 0.25) is 5.15 Å². The molecule has 1 aliphatic rings. The molecule has 0 aliphatic heterocycles. The smallest absolute Gasteiger partial charge is 0.251 e. The van der Waals surface area contributed by atoms with Crippen LogP contribution in [-0.4, -0.2) is 19.5 Å². The summed E-state index contributed by atoms with van der Waals surface area (Å²) >= 11 is 7.58. The van der Waals surface area contributed by atoms with E-state index in [1.54, 1.807) is 13.3 Å². The maximum atomic E-state index is 11.4. The lowest BCUT2D eigenvalue weighted by Crippen LogP contribution is -2.08. The number of hydrogen-bond donors (Lipinski definition) is 1. The van der Waals surface area contributed by atoms with Crippen LogP contribution in [0, 0.1) is 6.92 Å². The van der Waals surface area contributed by atoms with Crippen LogP contribution in [0.3, 0.4) is 0 Å². The van der Waals surface area contributed by atoms with Gasteiger partial charge in [0.25, 0.3) is 5.56 Å². The molecule has 1 fully saturated rings. The van der Waals surface area contributed by atoms with E-state index in [1.807, 2.05) is 0 Å². The number of aromatic amines is 1. The fraction of sp³-hybridized carbons (Fsp3) is 0.417. The van der Waals surface area contributed by atoms with Gasteiger partial charge in [0.1, 0.15) is 0 Å². The van der Waals surface area contributed by atoms with Gasteiger partial charge in [-0.15, -0.1) is 0 Å². The van der Waals surface area contributed by atoms with E-state index in [1.165, 1.54) is 30.7 Å². The SMILES string of the molecule is Cc1cc(=O)[nH]c(SCc2c(Cl)ncn2C2CC2)n1. The van der Waals surface area contributed by atoms with Gasteiger partial charge in [-0.05, 0) is 19.8 Å². The highest BCUT2D eigenvalue weighted by Crippen LogP contribution is 2.38. The molecule has 0 saturated heterocycles. The minimum absolute atomic E-state index is 0.128. The zero-order chi connectivity index (χ0) is 13.4. The predicted octanol–water partition coefficient (Wildman–Crippen LogP) is 2.56. The van der Waals surface area contributed by atoms with Crippen molar-refractivity contribution in [3.05, 3.63) is 39.3 Å². The number of nitrogens with zero attached hydrogens (tertiary/aromatic N) is 3. The van der Waals surface area contributed by atoms with E-state index in [-0.39, 0.29) is 5.56 Å². The Bertz CT molecular complexity index is 662. The molecular formula is C12H13ClN4OS. The van der Waals surface area contributed by atoms with E-state index in [0.717, 1.165) is 5.69 Å². The zero-order valence-corrected chi connectivity index (χ0v) is 12.0. The van der Waals surface area contributed by atoms with Crippen LogP contribution in [0.4, 0.5) is 0 Å². The maximum Gasteiger partial charge on any atom is 0.251 e. The summed E-state index contributed by atoms with van der Waals surface area (Å²) in [5.41, 5.74) is 1.59. The first-order chi connectivity index (χ1) is 9.13. The van der Waals surface area contributed by atoms with Gasteiger partial charge in [0.15, 0.2) is 10.3 Å². The van der Waals surface area contributed by atoms with Crippen molar-refractivity contribution >= 4 is 23.4 Å². The fourth-order valence-electron chi connectivity index (χ4n) is 1.92. The molecule has 1 saturated carbocycles. The highest BCUT2D eigenvalue weighted by molar-refractivity contribution is 7.98. The van der Waals surface area contributed by atoms with Crippen LogP contribution >= 0.6 is 23.4 Å². The molecule has 0 unspecified atom stereocenters. The van der Waals surface area contributed by atoms with Crippen molar-refractivity contribution in [3.63, 3.8) is 0 Å². The van der Waals surface area contributed by atoms with Gasteiger partial charge in [-0.25, -0.2) is 9.97 Å². The number of halogens is 1. The van der Waals surface area contributed by atoms with E-state index in [4.69, 9.17) is 11.6 Å². The predicted molar refractivity (Wildman–Crippen MR) is 74.7 cm³/mol. The lowest BCUT2D eigenvalue weighted by Gasteiger charge is -2.06. The third kappa shape index (κ3) is 2.84. The Balaban J connectivity index is 1.78. The standard InChI is InChI=1S/C12H13ClN4OS/c1-7-4-10(18)16-12(15-7)19-5-9-11(13)14-6-17(9)8-2-3-8/h4,6,8H,2-3,5H2,1H3,(H,15,16,18). The topological polar surface area (TPSA) is 63.6 Å². The highest BCUT2D eigenvalue weighted by Gasteiger charge is 2.26. The second-order valence-electron chi connectivity index (χ2n) is 4.60. The summed E-state index contributed by atoms with van der Waals surface area (Å²) in [4.78, 5) is 22.5. The van der Waals surface area contributed by atoms with Crippen LogP contribution in [0.25, 0.3) is 0 Å². The minimum atomic E-state index is -0.128. The summed E-state index contributed by atoms with van der Waals surface area (Å²) < 4.78 is 2.13. The van der Waals surface area contributed by atoms with Gasteiger partial charge in [0, 0.05) is 23.6 Å². The molecule has 3 rings (SSSR count). The molecular weight excluding hydrogens is 284 g/mol. The third-order valence-electron chi connectivity index (χ3n) is 2.98. The van der Waals surface area contributed by atoms with Crippen molar-refractivity contribution in [1.82, 2.24) is 19.5 Å². The van der Waals surface area contributed by atoms with E-state index in [9.17, 15) is 4.79 Å². The molecule has 0 atom stereocenters. The summed E-state index contributed by atoms with van der Waals surface area (Å²) in [6.07, 6.45) is 4.16. The first-order valence-electron chi connectivity index (χ1n) is 6.05. The van der Waals surface area contributed by atoms with Crippen molar-refractivity contribution < 1.29 is 0 Å². The number of aromatic nitrogens is 4. The number of nitrogens with one attached hydrogen (secondary N) is 1. The van der Waals surface area contributed by atoms with Gasteiger partial charge in [-0.3, -0.25) is 4.79 Å². The minimum Gasteiger partial charge on any atom is -0.329 e. The van der Waals surface area contributed by atoms with Crippen molar-refractivity contribution in [2.75, 3.05) is 0 Å². The normalized spacial score (nSPS) is 14.8. The molecule has 0 radical (unpaired) electrons. The van der Waals surface area contributed by atoms with Crippen molar-refractivity contribution in [2.24, 2.45) is 0 Å². The summed E-state index contributed by atoms with van der Waals surface area (Å²) in [7, 11) is 0. The molecule has 0 aromatic carbocycles. The fourth-order valence-corrected chi connectivity index (χ4v) is 3.15. The maximum absolute atomic E-state index is 11.4. The van der Waals surface area contributed by atoms with Gasteiger partial charge in [-0.2, -0.15) is 0 Å². The Morgan fingerprint density at radius 1 is 1.58 bits per heavy atom. The largest absolute Gasteiger partial charge is 0.329 e. The molecule has 2 aromatic rings. The molecule has 5 nitrogen and oxygen atoms in total. The average Bonchev–Trinajstić information content (AvgIpc) is 3.11. The van der Waals surface area contributed by atoms with Gasteiger partial charge in [-0.1, -0.05) is 23.4 Å². The Morgan fingerprint density at radius 3 is 3.05 bits per heavy atom. The van der Waals surface area contributed by atoms with Crippen molar-refractivity contribution in [3.8, 4) is 0 Å². The van der Waals surface area contributed by atoms with E-state index >= 15 is 0 Å². The number of thioether (sulfide) groups is 1. The van der Waals surface area contributed by atoms with Crippen LogP contribution in [0.5, 0.6) is 0 Å². The molecule has 0 bridgehead atoms. The molecule has 0 spiro atoms. The second kappa shape index (κ2) is 5.02. The summed E-state index contributed by atoms with van der Waals surface area (Å²) in [6, 6.07) is 2.02. The Kier molecular flexibility index (Phi) is 3.36. The second-order valence-corrected chi connectivity index (χ2v) is 5.92. The van der Waals surface area contributed by atoms with Gasteiger partial charge in [0.05, 0.1) is 12.0 Å². The quantitative estimate of drug-likeness (QED) is 0.696. The van der Waals surface area contributed by atoms with Gasteiger partial charge in [0.2, 0.25) is 0 Å². The van der Waals surface area contributed by atoms with Crippen LogP contribution in [0.1, 0.15) is 30.3 Å². The van der Waals surface area contributed by atoms with Crippen molar-refractivity contribution in [1.29, 1.82) is 0 Å². The molecule has 2 heterocycles. The molecule has 2 aromatic heterocycles. The lowest BCUT2D eigenvalue weighted by molar-refractivity contribution is 0.713. The van der Waals surface area contributed by atoms with Crippen LogP contribution < -0.4 is 5.56 Å². The van der Waals surface area contributed by atoms with Crippen molar-refractivity contribution in [2.45, 2.75) is 36.7 Å². The summed E-state index contributed by atoms with van der Waals surface area (Å²) in [6.45, 7) is 1.81. The summed E-state index contributed by atoms with van der Waals surface area (Å²) in [5.74, 6) is 0.654. The van der Waals surface area contributed by atoms with E-state index < -0.39 is 0 Å². The van der Waals surface area contributed by atoms with E-state index in [0.29, 0.717) is 27.8 Å². The molecule has 1 N–H and O–H groups in total. The van der Waals surface area contributed by atoms with Crippen LogP contribution in [-0.2, 0) is 5.75 Å². The molecule has 7 heteroatoms. The first kappa shape index (κ1) is 12.7. The first-order valence-corrected chi connectivity index (χ1v) is 7.42. The zero-order valence-electron chi connectivity index (χ0n) is 10.4. The number of hydrogen-bond acceptors (Lipinski definition) is 4. The lowest BCUT2D eigenvalue weighted by atomic mass is 10.5. The van der Waals surface area contributed by atoms with Gasteiger partial charge >= 0.3 is 0 Å². The number of aryl methyl sites for hydroxylation is 1. The number of rotatable bonds is 4. The molecule has 19 heavy (non-hydrogen) atoms. The Morgan fingerprint density at radius 2 is 2.37 bits per heavy atom. The third-order valence-corrected chi connectivity index (χ3v) is 4.18. The molecule has 0 amide bonds.